The van der Waals surface area contributed by atoms with E-state index in [0.29, 0.717) is 0 Å². The van der Waals surface area contributed by atoms with Crippen molar-refractivity contribution in [2.45, 2.75) is 0 Å². The fourth-order valence-corrected chi connectivity index (χ4v) is 0.750. The van der Waals surface area contributed by atoms with E-state index in [9.17, 15) is 0 Å². The quantitative estimate of drug-likeness (QED) is 0.488. The highest BCUT2D eigenvalue weighted by atomic mass is 28.3. The van der Waals surface area contributed by atoms with Crippen molar-refractivity contribution in [3.8, 4) is 0 Å². The lowest BCUT2D eigenvalue weighted by Gasteiger charge is -1.84. The average Bonchev–Trinajstić information content (AvgIpc) is 1.72. The molecule has 0 N–H and O–H groups in total. The first-order valence-electron chi connectivity index (χ1n) is 1.84. The van der Waals surface area contributed by atoms with Gasteiger partial charge in [0.25, 0.3) is 0 Å². The van der Waals surface area contributed by atoms with Gasteiger partial charge in [-0.05, 0) is 0 Å². The Morgan fingerprint density at radius 1 is 0.857 bits per heavy atom. The standard InChI is InChI=1S/C3H9O3Si/c1-4-7(5-2)6-3/h1-3H3/q+1. The van der Waals surface area contributed by atoms with Crippen molar-refractivity contribution in [1.29, 1.82) is 0 Å². The first-order chi connectivity index (χ1) is 3.35. The average molecular weight is 121 g/mol. The van der Waals surface area contributed by atoms with Crippen molar-refractivity contribution in [3.63, 3.8) is 0 Å². The minimum atomic E-state index is -1.36. The molecule has 0 atom stereocenters. The third-order valence-corrected chi connectivity index (χ3v) is 1.50. The molecule has 0 spiro atoms. The molecular weight excluding hydrogens is 112 g/mol. The lowest BCUT2D eigenvalue weighted by molar-refractivity contribution is 0.163. The van der Waals surface area contributed by atoms with Crippen LogP contribution in [0.4, 0.5) is 0 Å². The SMILES string of the molecule is CO[Si+](OC)OC. The largest absolute Gasteiger partial charge is 0.831 e. The van der Waals surface area contributed by atoms with Crippen LogP contribution in [0.1, 0.15) is 0 Å². The van der Waals surface area contributed by atoms with Crippen LogP contribution in [-0.4, -0.2) is 30.9 Å². The van der Waals surface area contributed by atoms with Gasteiger partial charge in [0.15, 0.2) is 0 Å². The third-order valence-electron chi connectivity index (χ3n) is 0.500. The fourth-order valence-electron chi connectivity index (χ4n) is 0.250. The van der Waals surface area contributed by atoms with E-state index in [4.69, 9.17) is 13.3 Å². The van der Waals surface area contributed by atoms with Crippen molar-refractivity contribution >= 4 is 9.53 Å². The molecular formula is C3H9O3Si+. The van der Waals surface area contributed by atoms with Gasteiger partial charge >= 0.3 is 9.53 Å². The molecule has 0 fully saturated rings. The molecule has 0 aromatic carbocycles. The van der Waals surface area contributed by atoms with Crippen LogP contribution in [-0.2, 0) is 13.3 Å². The molecule has 0 aromatic rings. The summed E-state index contributed by atoms with van der Waals surface area (Å²) in [6.45, 7) is 0. The van der Waals surface area contributed by atoms with Crippen molar-refractivity contribution in [2.24, 2.45) is 0 Å². The third kappa shape index (κ3) is 2.75. The maximum atomic E-state index is 4.71. The molecule has 7 heavy (non-hydrogen) atoms. The van der Waals surface area contributed by atoms with E-state index >= 15 is 0 Å². The highest BCUT2D eigenvalue weighted by Crippen LogP contribution is 1.81. The van der Waals surface area contributed by atoms with Gasteiger partial charge in [-0.15, -0.1) is 0 Å². The molecule has 0 unspecified atom stereocenters. The Hall–Kier alpha value is 0.0969. The van der Waals surface area contributed by atoms with Crippen LogP contribution in [0.15, 0.2) is 0 Å². The Morgan fingerprint density at radius 2 is 1.14 bits per heavy atom. The molecule has 0 aliphatic heterocycles. The van der Waals surface area contributed by atoms with E-state index in [2.05, 4.69) is 0 Å². The lowest BCUT2D eigenvalue weighted by atomic mass is 11.8. The Bertz CT molecular complexity index is 31.7. The van der Waals surface area contributed by atoms with Gasteiger partial charge in [0.05, 0.1) is 21.3 Å². The summed E-state index contributed by atoms with van der Waals surface area (Å²) in [7, 11) is 3.31. The van der Waals surface area contributed by atoms with Crippen LogP contribution in [0, 0.1) is 0 Å². The maximum Gasteiger partial charge on any atom is 0.831 e. The van der Waals surface area contributed by atoms with Gasteiger partial charge in [-0.3, -0.25) is 0 Å². The Kier molecular flexibility index (Phi) is 4.32. The first-order valence-corrected chi connectivity index (χ1v) is 3.06. The van der Waals surface area contributed by atoms with Crippen LogP contribution >= 0.6 is 0 Å². The normalized spacial score (nSPS) is 9.00. The Morgan fingerprint density at radius 3 is 1.14 bits per heavy atom. The monoisotopic (exact) mass is 121 g/mol. The smallest absolute Gasteiger partial charge is 0.193 e. The Labute approximate surface area is 45.2 Å². The van der Waals surface area contributed by atoms with Crippen LogP contribution in [0.2, 0.25) is 0 Å². The van der Waals surface area contributed by atoms with Gasteiger partial charge in [0.1, 0.15) is 0 Å². The van der Waals surface area contributed by atoms with E-state index in [1.807, 2.05) is 0 Å². The van der Waals surface area contributed by atoms with E-state index in [1.54, 1.807) is 21.3 Å². The molecule has 0 saturated carbocycles. The number of hydrogen-bond acceptors (Lipinski definition) is 3. The molecule has 3 nitrogen and oxygen atoms in total. The van der Waals surface area contributed by atoms with Crippen molar-refractivity contribution in [2.75, 3.05) is 21.3 Å². The lowest BCUT2D eigenvalue weighted by Crippen LogP contribution is -2.21. The molecule has 4 heteroatoms. The summed E-state index contributed by atoms with van der Waals surface area (Å²) in [5, 5.41) is 0. The second-order valence-electron chi connectivity index (χ2n) is 0.862. The van der Waals surface area contributed by atoms with Crippen LogP contribution in [0.3, 0.4) is 0 Å². The van der Waals surface area contributed by atoms with Crippen molar-refractivity contribution in [3.05, 3.63) is 0 Å². The van der Waals surface area contributed by atoms with Gasteiger partial charge in [-0.1, -0.05) is 0 Å². The van der Waals surface area contributed by atoms with E-state index in [0.717, 1.165) is 0 Å². The highest BCUT2D eigenvalue weighted by molar-refractivity contribution is 6.36. The molecule has 42 valence electrons. The predicted molar refractivity (Wildman–Crippen MR) is 26.8 cm³/mol. The minimum Gasteiger partial charge on any atom is -0.193 e. The summed E-state index contributed by atoms with van der Waals surface area (Å²) in [4.78, 5) is 0. The molecule has 0 amide bonds. The molecule has 0 bridgehead atoms. The molecule has 0 saturated heterocycles. The molecule has 0 aliphatic rings. The Balaban J connectivity index is 2.99. The zero-order valence-corrected chi connectivity index (χ0v) is 5.72. The van der Waals surface area contributed by atoms with E-state index in [1.165, 1.54) is 0 Å². The van der Waals surface area contributed by atoms with Crippen molar-refractivity contribution in [1.82, 2.24) is 0 Å². The summed E-state index contributed by atoms with van der Waals surface area (Å²) in [6, 6.07) is 0. The van der Waals surface area contributed by atoms with Gasteiger partial charge in [-0.25, -0.2) is 0 Å². The van der Waals surface area contributed by atoms with Gasteiger partial charge < -0.3 is 0 Å². The van der Waals surface area contributed by atoms with E-state index in [-0.39, 0.29) is 0 Å². The second-order valence-corrected chi connectivity index (χ2v) is 2.59. The minimum absolute atomic E-state index is 1.36. The molecule has 0 aromatic heterocycles. The summed E-state index contributed by atoms with van der Waals surface area (Å²) in [5.41, 5.74) is 0. The fraction of sp³-hybridized carbons (Fsp3) is 1.00. The zero-order chi connectivity index (χ0) is 5.70. The second kappa shape index (κ2) is 4.26. The number of hydrogen-bond donors (Lipinski definition) is 0. The summed E-state index contributed by atoms with van der Waals surface area (Å²) < 4.78 is 14.1. The van der Waals surface area contributed by atoms with Crippen LogP contribution in [0.25, 0.3) is 0 Å². The van der Waals surface area contributed by atoms with Gasteiger partial charge in [0.2, 0.25) is 0 Å². The van der Waals surface area contributed by atoms with Crippen LogP contribution in [0.5, 0.6) is 0 Å². The summed E-state index contributed by atoms with van der Waals surface area (Å²) >= 11 is 0. The summed E-state index contributed by atoms with van der Waals surface area (Å²) in [5.74, 6) is 0. The summed E-state index contributed by atoms with van der Waals surface area (Å²) in [6.07, 6.45) is 0. The van der Waals surface area contributed by atoms with Gasteiger partial charge in [-0.2, -0.15) is 13.3 Å². The molecule has 0 aliphatic carbocycles. The molecule has 0 radical (unpaired) electrons. The molecule has 0 heterocycles. The maximum absolute atomic E-state index is 4.71. The van der Waals surface area contributed by atoms with Crippen molar-refractivity contribution < 1.29 is 13.3 Å². The van der Waals surface area contributed by atoms with Gasteiger partial charge in [0, 0.05) is 0 Å². The molecule has 0 rings (SSSR count). The topological polar surface area (TPSA) is 27.7 Å². The van der Waals surface area contributed by atoms with E-state index < -0.39 is 9.53 Å². The first kappa shape index (κ1) is 7.10. The highest BCUT2D eigenvalue weighted by Gasteiger charge is 2.30. The zero-order valence-electron chi connectivity index (χ0n) is 4.72. The number of rotatable bonds is 3. The van der Waals surface area contributed by atoms with Crippen LogP contribution < -0.4 is 0 Å². The predicted octanol–water partition coefficient (Wildman–Crippen LogP) is -0.0895.